The second kappa shape index (κ2) is 7.62. The third kappa shape index (κ3) is 4.34. The summed E-state index contributed by atoms with van der Waals surface area (Å²) in [6.07, 6.45) is 3.32. The van der Waals surface area contributed by atoms with Crippen LogP contribution in [0.1, 0.15) is 15.9 Å². The molecular formula is C21H15ClO2. The zero-order chi connectivity index (χ0) is 16.8. The second-order valence-corrected chi connectivity index (χ2v) is 5.63. The van der Waals surface area contributed by atoms with E-state index in [0.29, 0.717) is 10.6 Å². The largest absolute Gasteiger partial charge is 0.457 e. The molecule has 3 heteroatoms. The maximum absolute atomic E-state index is 12.1. The van der Waals surface area contributed by atoms with E-state index >= 15 is 0 Å². The molecule has 0 saturated heterocycles. The van der Waals surface area contributed by atoms with Gasteiger partial charge >= 0.3 is 0 Å². The van der Waals surface area contributed by atoms with Crippen molar-refractivity contribution in [3.05, 3.63) is 101 Å². The van der Waals surface area contributed by atoms with Gasteiger partial charge in [-0.1, -0.05) is 48.0 Å². The van der Waals surface area contributed by atoms with Crippen molar-refractivity contribution in [1.82, 2.24) is 0 Å². The van der Waals surface area contributed by atoms with Crippen LogP contribution in [0.3, 0.4) is 0 Å². The molecular weight excluding hydrogens is 320 g/mol. The number of allylic oxidation sites excluding steroid dienone is 1. The van der Waals surface area contributed by atoms with Crippen molar-refractivity contribution in [2.45, 2.75) is 0 Å². The molecule has 24 heavy (non-hydrogen) atoms. The lowest BCUT2D eigenvalue weighted by atomic mass is 10.1. The van der Waals surface area contributed by atoms with Crippen LogP contribution in [0, 0.1) is 0 Å². The van der Waals surface area contributed by atoms with Gasteiger partial charge in [0.1, 0.15) is 11.5 Å². The molecule has 0 fully saturated rings. The van der Waals surface area contributed by atoms with Crippen molar-refractivity contribution in [2.75, 3.05) is 0 Å². The number of para-hydroxylation sites is 1. The van der Waals surface area contributed by atoms with Gasteiger partial charge in [0.05, 0.1) is 0 Å². The van der Waals surface area contributed by atoms with Crippen LogP contribution in [-0.2, 0) is 0 Å². The summed E-state index contributed by atoms with van der Waals surface area (Å²) in [5.74, 6) is 1.43. The van der Waals surface area contributed by atoms with E-state index in [2.05, 4.69) is 0 Å². The Hall–Kier alpha value is -2.84. The van der Waals surface area contributed by atoms with Gasteiger partial charge in [0.25, 0.3) is 0 Å². The smallest absolute Gasteiger partial charge is 0.185 e. The van der Waals surface area contributed by atoms with Crippen molar-refractivity contribution < 1.29 is 9.53 Å². The lowest BCUT2D eigenvalue weighted by Gasteiger charge is -2.05. The van der Waals surface area contributed by atoms with Crippen LogP contribution in [0.4, 0.5) is 0 Å². The number of rotatable bonds is 5. The maximum Gasteiger partial charge on any atom is 0.185 e. The summed E-state index contributed by atoms with van der Waals surface area (Å²) in [6, 6.07) is 24.0. The van der Waals surface area contributed by atoms with E-state index in [0.717, 1.165) is 17.1 Å². The lowest BCUT2D eigenvalue weighted by molar-refractivity contribution is 0.104. The average Bonchev–Trinajstić information content (AvgIpc) is 2.61. The van der Waals surface area contributed by atoms with Gasteiger partial charge in [-0.3, -0.25) is 4.79 Å². The molecule has 0 heterocycles. The fraction of sp³-hybridized carbons (Fsp3) is 0. The van der Waals surface area contributed by atoms with Gasteiger partial charge in [-0.15, -0.1) is 0 Å². The van der Waals surface area contributed by atoms with E-state index in [1.165, 1.54) is 0 Å². The number of ether oxygens (including phenoxy) is 1. The monoisotopic (exact) mass is 334 g/mol. The molecule has 3 rings (SSSR count). The topological polar surface area (TPSA) is 26.3 Å². The zero-order valence-corrected chi connectivity index (χ0v) is 13.6. The molecule has 2 nitrogen and oxygen atoms in total. The number of carbonyl (C=O) groups excluding carboxylic acids is 1. The summed E-state index contributed by atoms with van der Waals surface area (Å²) in [5.41, 5.74) is 1.50. The van der Waals surface area contributed by atoms with Gasteiger partial charge in [-0.25, -0.2) is 0 Å². The van der Waals surface area contributed by atoms with Gasteiger partial charge in [0.2, 0.25) is 0 Å². The van der Waals surface area contributed by atoms with Crippen molar-refractivity contribution in [1.29, 1.82) is 0 Å². The minimum Gasteiger partial charge on any atom is -0.457 e. The first-order valence-corrected chi connectivity index (χ1v) is 7.89. The summed E-state index contributed by atoms with van der Waals surface area (Å²) >= 11 is 5.83. The molecule has 0 radical (unpaired) electrons. The Kier molecular flexibility index (Phi) is 5.09. The molecule has 0 amide bonds. The lowest BCUT2D eigenvalue weighted by Crippen LogP contribution is -1.93. The summed E-state index contributed by atoms with van der Waals surface area (Å²) in [6.45, 7) is 0. The third-order valence-corrected chi connectivity index (χ3v) is 3.64. The van der Waals surface area contributed by atoms with Crippen LogP contribution in [-0.4, -0.2) is 5.78 Å². The van der Waals surface area contributed by atoms with Crippen molar-refractivity contribution in [2.24, 2.45) is 0 Å². The number of carbonyl (C=O) groups is 1. The van der Waals surface area contributed by atoms with E-state index in [1.54, 1.807) is 36.4 Å². The third-order valence-electron chi connectivity index (χ3n) is 3.39. The molecule has 0 atom stereocenters. The van der Waals surface area contributed by atoms with E-state index in [-0.39, 0.29) is 5.78 Å². The molecule has 0 aliphatic heterocycles. The molecule has 0 aromatic heterocycles. The molecule has 0 unspecified atom stereocenters. The summed E-state index contributed by atoms with van der Waals surface area (Å²) in [5, 5.41) is 0.612. The van der Waals surface area contributed by atoms with Gasteiger partial charge < -0.3 is 4.74 Å². The number of ketones is 1. The van der Waals surface area contributed by atoms with E-state index in [1.807, 2.05) is 54.6 Å². The summed E-state index contributed by atoms with van der Waals surface area (Å²) in [4.78, 5) is 12.1. The molecule has 0 bridgehead atoms. The fourth-order valence-electron chi connectivity index (χ4n) is 2.19. The Balaban J connectivity index is 1.72. The van der Waals surface area contributed by atoms with Crippen LogP contribution >= 0.6 is 11.6 Å². The number of hydrogen-bond acceptors (Lipinski definition) is 2. The van der Waals surface area contributed by atoms with Crippen LogP contribution in [0.15, 0.2) is 84.9 Å². The minimum atomic E-state index is -0.0685. The molecule has 0 spiro atoms. The van der Waals surface area contributed by atoms with Crippen molar-refractivity contribution >= 4 is 23.5 Å². The van der Waals surface area contributed by atoms with Gasteiger partial charge in [-0.05, 0) is 60.2 Å². The number of halogens is 1. The SMILES string of the molecule is O=C(/C=C/c1cccc(Oc2ccccc2)c1)c1ccc(Cl)cc1. The highest BCUT2D eigenvalue weighted by atomic mass is 35.5. The molecule has 0 aliphatic rings. The van der Waals surface area contributed by atoms with Crippen LogP contribution < -0.4 is 4.74 Å². The first-order valence-electron chi connectivity index (χ1n) is 7.52. The zero-order valence-electron chi connectivity index (χ0n) is 12.9. The van der Waals surface area contributed by atoms with Crippen LogP contribution in [0.25, 0.3) is 6.08 Å². The number of benzene rings is 3. The summed E-state index contributed by atoms with van der Waals surface area (Å²) < 4.78 is 5.79. The Morgan fingerprint density at radius 1 is 0.833 bits per heavy atom. The molecule has 118 valence electrons. The van der Waals surface area contributed by atoms with Crippen molar-refractivity contribution in [3.63, 3.8) is 0 Å². The highest BCUT2D eigenvalue weighted by molar-refractivity contribution is 6.30. The molecule has 0 aliphatic carbocycles. The predicted molar refractivity (Wildman–Crippen MR) is 97.8 cm³/mol. The quantitative estimate of drug-likeness (QED) is 0.420. The Morgan fingerprint density at radius 2 is 1.54 bits per heavy atom. The molecule has 3 aromatic rings. The van der Waals surface area contributed by atoms with Gasteiger partial charge in [-0.2, -0.15) is 0 Å². The first kappa shape index (κ1) is 16.0. The van der Waals surface area contributed by atoms with E-state index < -0.39 is 0 Å². The molecule has 0 N–H and O–H groups in total. The van der Waals surface area contributed by atoms with E-state index in [9.17, 15) is 4.79 Å². The summed E-state index contributed by atoms with van der Waals surface area (Å²) in [7, 11) is 0. The van der Waals surface area contributed by atoms with Crippen LogP contribution in [0.2, 0.25) is 5.02 Å². The van der Waals surface area contributed by atoms with E-state index in [4.69, 9.17) is 16.3 Å². The normalized spacial score (nSPS) is 10.7. The second-order valence-electron chi connectivity index (χ2n) is 5.19. The average molecular weight is 335 g/mol. The molecule has 0 saturated carbocycles. The van der Waals surface area contributed by atoms with Gasteiger partial charge in [0.15, 0.2) is 5.78 Å². The predicted octanol–water partition coefficient (Wildman–Crippen LogP) is 6.03. The Bertz CT molecular complexity index is 853. The molecule has 3 aromatic carbocycles. The first-order chi connectivity index (χ1) is 11.7. The fourth-order valence-corrected chi connectivity index (χ4v) is 2.31. The maximum atomic E-state index is 12.1. The Labute approximate surface area is 146 Å². The minimum absolute atomic E-state index is 0.0685. The van der Waals surface area contributed by atoms with Crippen molar-refractivity contribution in [3.8, 4) is 11.5 Å². The number of hydrogen-bond donors (Lipinski definition) is 0. The highest BCUT2D eigenvalue weighted by Crippen LogP contribution is 2.22. The Morgan fingerprint density at radius 3 is 2.29 bits per heavy atom. The highest BCUT2D eigenvalue weighted by Gasteiger charge is 2.02. The van der Waals surface area contributed by atoms with Crippen LogP contribution in [0.5, 0.6) is 11.5 Å². The van der Waals surface area contributed by atoms with Gasteiger partial charge in [0, 0.05) is 10.6 Å². The standard InChI is InChI=1S/C21H15ClO2/c22-18-12-10-17(11-13-18)21(23)14-9-16-5-4-8-20(15-16)24-19-6-2-1-3-7-19/h1-15H/b14-9+.